The summed E-state index contributed by atoms with van der Waals surface area (Å²) in [5.74, 6) is -7.58. The average molecular weight is 528 g/mol. The van der Waals surface area contributed by atoms with Crippen molar-refractivity contribution in [2.45, 2.75) is 24.9 Å². The number of rotatable bonds is 3. The Kier molecular flexibility index (Phi) is 5.99. The van der Waals surface area contributed by atoms with Crippen molar-refractivity contribution < 1.29 is 44.3 Å². The van der Waals surface area contributed by atoms with Crippen LogP contribution in [0.15, 0.2) is 23.0 Å². The first-order valence-electron chi connectivity index (χ1n) is 12.3. The molecular weight excluding hydrogens is 498 g/mol. The molecule has 1 aromatic rings. The predicted molar refractivity (Wildman–Crippen MR) is 132 cm³/mol. The van der Waals surface area contributed by atoms with E-state index in [4.69, 9.17) is 10.5 Å². The molecule has 1 aromatic carbocycles. The van der Waals surface area contributed by atoms with Gasteiger partial charge in [0.15, 0.2) is 11.4 Å². The molecule has 1 saturated heterocycles. The molecule has 4 aliphatic rings. The Labute approximate surface area is 217 Å². The van der Waals surface area contributed by atoms with Gasteiger partial charge in [0.05, 0.1) is 24.3 Å². The van der Waals surface area contributed by atoms with E-state index in [-0.39, 0.29) is 36.0 Å². The van der Waals surface area contributed by atoms with Crippen LogP contribution >= 0.6 is 0 Å². The Morgan fingerprint density at radius 3 is 2.39 bits per heavy atom. The predicted octanol–water partition coefficient (Wildman–Crippen LogP) is -0.0377. The zero-order chi connectivity index (χ0) is 27.7. The number of nitrogens with zero attached hydrogens (tertiary/aromatic N) is 2. The van der Waals surface area contributed by atoms with Crippen molar-refractivity contribution in [2.75, 3.05) is 45.3 Å². The molecule has 3 aliphatic carbocycles. The topological polar surface area (TPSA) is 191 Å². The van der Waals surface area contributed by atoms with Crippen LogP contribution in [-0.4, -0.2) is 94.7 Å². The van der Waals surface area contributed by atoms with Gasteiger partial charge in [0.25, 0.3) is 11.8 Å². The maximum Gasteiger partial charge on any atom is 0.257 e. The van der Waals surface area contributed by atoms with Crippen LogP contribution in [0.25, 0.3) is 5.76 Å². The van der Waals surface area contributed by atoms with Crippen LogP contribution in [0, 0.1) is 11.8 Å². The molecule has 0 radical (unpaired) electrons. The highest BCUT2D eigenvalue weighted by Gasteiger charge is 2.60. The number of Topliss-reactive ketones (excluding diaryl/α,β-unsaturated/α-hetero) is 2. The van der Waals surface area contributed by atoms with Crippen molar-refractivity contribution in [3.05, 3.63) is 39.7 Å². The largest absolute Gasteiger partial charge is 0.508 e. The third-order valence-corrected chi connectivity index (χ3v) is 8.05. The summed E-state index contributed by atoms with van der Waals surface area (Å²) in [6, 6.07) is 1.54. The summed E-state index contributed by atoms with van der Waals surface area (Å²) in [5, 5.41) is 44.8. The first kappa shape index (κ1) is 25.7. The number of aromatic hydroxyl groups is 1. The van der Waals surface area contributed by atoms with Gasteiger partial charge in [-0.1, -0.05) is 0 Å². The van der Waals surface area contributed by atoms with E-state index in [1.165, 1.54) is 4.90 Å². The van der Waals surface area contributed by atoms with Crippen molar-refractivity contribution in [2.24, 2.45) is 17.6 Å². The third kappa shape index (κ3) is 3.51. The number of aliphatic hydroxyl groups excluding tert-OH is 2. The number of ether oxygens (including phenoxy) is 1. The lowest BCUT2D eigenvalue weighted by atomic mass is 9.59. The van der Waals surface area contributed by atoms with Gasteiger partial charge >= 0.3 is 0 Å². The zero-order valence-corrected chi connectivity index (χ0v) is 21.0. The number of ketones is 2. The van der Waals surface area contributed by atoms with Crippen LogP contribution in [0.3, 0.4) is 0 Å². The minimum atomic E-state index is -2.64. The van der Waals surface area contributed by atoms with Gasteiger partial charge in [-0.05, 0) is 30.4 Å². The molecule has 1 heterocycles. The second kappa shape index (κ2) is 8.84. The molecule has 0 aromatic heterocycles. The Bertz CT molecular complexity index is 1360. The summed E-state index contributed by atoms with van der Waals surface area (Å²) >= 11 is 0. The smallest absolute Gasteiger partial charge is 0.257 e. The van der Waals surface area contributed by atoms with Gasteiger partial charge < -0.3 is 40.7 Å². The van der Waals surface area contributed by atoms with E-state index >= 15 is 0 Å². The Morgan fingerprint density at radius 2 is 1.79 bits per heavy atom. The standard InChI is InChI=1S/C26H29N3O9/c1-28(2)15-10-14(25(36)29-3-5-38-6-4-29)20(31)18-13(15)8-11-7-12-9-16(30)19(24(27)35)23(34)26(12,37)22(33)17(11)21(18)32/h10-12,31-32,34,37H,3-9H2,1-2H3,(H2,27,35)/t11?,12?,26-/m0/s1. The van der Waals surface area contributed by atoms with E-state index in [2.05, 4.69) is 0 Å². The number of phenolic OH excluding ortho intramolecular Hbond substituents is 1. The van der Waals surface area contributed by atoms with Gasteiger partial charge in [-0.2, -0.15) is 0 Å². The number of nitrogens with two attached hydrogens (primary N) is 1. The van der Waals surface area contributed by atoms with Gasteiger partial charge in [-0.3, -0.25) is 19.2 Å². The second-order valence-electron chi connectivity index (χ2n) is 10.4. The fraction of sp³-hybridized carbons (Fsp3) is 0.462. The highest BCUT2D eigenvalue weighted by molar-refractivity contribution is 6.22. The zero-order valence-electron chi connectivity index (χ0n) is 21.0. The summed E-state index contributed by atoms with van der Waals surface area (Å²) in [7, 11) is 3.48. The van der Waals surface area contributed by atoms with Gasteiger partial charge in [-0.15, -0.1) is 0 Å². The van der Waals surface area contributed by atoms with Gasteiger partial charge in [-0.25, -0.2) is 0 Å². The van der Waals surface area contributed by atoms with Crippen LogP contribution in [0.4, 0.5) is 5.69 Å². The van der Waals surface area contributed by atoms with Crippen molar-refractivity contribution in [1.82, 2.24) is 4.90 Å². The summed E-state index contributed by atoms with van der Waals surface area (Å²) < 4.78 is 5.30. The molecule has 0 bridgehead atoms. The first-order valence-corrected chi connectivity index (χ1v) is 12.3. The molecule has 2 fully saturated rings. The van der Waals surface area contributed by atoms with Crippen molar-refractivity contribution in [1.29, 1.82) is 0 Å². The maximum absolute atomic E-state index is 13.7. The fourth-order valence-electron chi connectivity index (χ4n) is 6.17. The number of anilines is 1. The van der Waals surface area contributed by atoms with E-state index in [9.17, 15) is 39.6 Å². The van der Waals surface area contributed by atoms with E-state index in [0.29, 0.717) is 37.6 Å². The fourth-order valence-corrected chi connectivity index (χ4v) is 6.17. The van der Waals surface area contributed by atoms with Crippen LogP contribution < -0.4 is 10.6 Å². The molecule has 6 N–H and O–H groups in total. The Hall–Kier alpha value is -3.90. The van der Waals surface area contributed by atoms with E-state index < -0.39 is 63.7 Å². The molecule has 1 saturated carbocycles. The number of carbonyl (C=O) groups is 4. The molecule has 202 valence electrons. The number of morpholine rings is 1. The number of benzene rings is 1. The van der Waals surface area contributed by atoms with Crippen LogP contribution in [0.2, 0.25) is 0 Å². The van der Waals surface area contributed by atoms with E-state index in [0.717, 1.165) is 0 Å². The highest BCUT2D eigenvalue weighted by atomic mass is 16.5. The minimum Gasteiger partial charge on any atom is -0.508 e. The van der Waals surface area contributed by atoms with Gasteiger partial charge in [0.1, 0.15) is 22.8 Å². The van der Waals surface area contributed by atoms with Crippen molar-refractivity contribution in [3.8, 4) is 5.75 Å². The van der Waals surface area contributed by atoms with Gasteiger partial charge in [0, 0.05) is 50.8 Å². The van der Waals surface area contributed by atoms with Crippen LogP contribution in [-0.2, 0) is 25.5 Å². The normalized spacial score (nSPS) is 27.1. The monoisotopic (exact) mass is 527 g/mol. The van der Waals surface area contributed by atoms with Crippen molar-refractivity contribution in [3.63, 3.8) is 0 Å². The van der Waals surface area contributed by atoms with Crippen LogP contribution in [0.5, 0.6) is 5.75 Å². The van der Waals surface area contributed by atoms with Crippen LogP contribution in [0.1, 0.15) is 34.3 Å². The molecule has 3 atom stereocenters. The highest BCUT2D eigenvalue weighted by Crippen LogP contribution is 2.53. The van der Waals surface area contributed by atoms with E-state index in [1.807, 2.05) is 0 Å². The number of hydrogen-bond acceptors (Lipinski definition) is 10. The number of aliphatic hydroxyl groups is 3. The molecule has 12 nitrogen and oxygen atoms in total. The number of fused-ring (bicyclic) bond motifs is 3. The molecule has 38 heavy (non-hydrogen) atoms. The Morgan fingerprint density at radius 1 is 1.13 bits per heavy atom. The molecule has 2 unspecified atom stereocenters. The number of phenols is 1. The Balaban J connectivity index is 1.69. The number of amides is 2. The second-order valence-corrected chi connectivity index (χ2v) is 10.4. The lowest BCUT2D eigenvalue weighted by Gasteiger charge is -2.46. The first-order chi connectivity index (χ1) is 17.9. The number of primary amides is 1. The van der Waals surface area contributed by atoms with E-state index in [1.54, 1.807) is 25.1 Å². The summed E-state index contributed by atoms with van der Waals surface area (Å²) in [4.78, 5) is 54.6. The summed E-state index contributed by atoms with van der Waals surface area (Å²) in [5.41, 5.74) is 2.35. The lowest BCUT2D eigenvalue weighted by Crippen LogP contribution is -2.58. The number of carbonyl (C=O) groups excluding carboxylic acids is 4. The quantitative estimate of drug-likeness (QED) is 0.333. The summed E-state index contributed by atoms with van der Waals surface area (Å²) in [6.07, 6.45) is -0.201. The lowest BCUT2D eigenvalue weighted by molar-refractivity contribution is -0.147. The molecule has 12 heteroatoms. The number of hydrogen-bond donors (Lipinski definition) is 5. The molecule has 0 spiro atoms. The average Bonchev–Trinajstić information content (AvgIpc) is 2.86. The molecule has 5 rings (SSSR count). The third-order valence-electron chi connectivity index (χ3n) is 8.05. The SMILES string of the molecule is CN(C)c1cc(C(=O)N2CCOCC2)c(O)c2c1CC1CC3CC(=O)C(C(N)=O)=C(O)[C@@]3(O)C(=O)C1=C2O. The minimum absolute atomic E-state index is 0.0327. The molecule has 1 aliphatic heterocycles. The maximum atomic E-state index is 13.7. The van der Waals surface area contributed by atoms with Crippen molar-refractivity contribution >= 4 is 34.8 Å². The summed E-state index contributed by atoms with van der Waals surface area (Å²) in [6.45, 7) is 1.33. The van der Waals surface area contributed by atoms with Gasteiger partial charge in [0.2, 0.25) is 5.78 Å². The molecule has 2 amide bonds. The molecular formula is C26H29N3O9.